The largest absolute Gasteiger partial charge is 0.307 e. The van der Waals surface area contributed by atoms with E-state index in [0.717, 1.165) is 66.3 Å². The van der Waals surface area contributed by atoms with E-state index in [-0.39, 0.29) is 11.8 Å². The van der Waals surface area contributed by atoms with Gasteiger partial charge in [0.15, 0.2) is 0 Å². The smallest absolute Gasteiger partial charge is 0.268 e. The van der Waals surface area contributed by atoms with Gasteiger partial charge in [-0.15, -0.1) is 0 Å². The molecule has 254 valence electrons. The van der Waals surface area contributed by atoms with Crippen molar-refractivity contribution in [2.45, 2.75) is 0 Å². The number of carbonyl (C=O) groups excluding carboxylic acids is 2. The highest BCUT2D eigenvalue weighted by Crippen LogP contribution is 2.45. The molecule has 0 saturated heterocycles. The average molecular weight is 695 g/mol. The number of rotatable bonds is 6. The monoisotopic (exact) mass is 694 g/mol. The van der Waals surface area contributed by atoms with Crippen molar-refractivity contribution in [3.05, 3.63) is 194 Å². The molecule has 0 N–H and O–H groups in total. The van der Waals surface area contributed by atoms with Crippen molar-refractivity contribution in [1.82, 2.24) is 14.5 Å². The molecule has 1 aliphatic heterocycles. The number of amides is 2. The van der Waals surface area contributed by atoms with Crippen molar-refractivity contribution in [3.63, 3.8) is 0 Å². The lowest BCUT2D eigenvalue weighted by Gasteiger charge is -2.20. The van der Waals surface area contributed by atoms with Gasteiger partial charge in [-0.1, -0.05) is 121 Å². The summed E-state index contributed by atoms with van der Waals surface area (Å²) in [7, 11) is 0. The Balaban J connectivity index is 1.24. The van der Waals surface area contributed by atoms with Crippen molar-refractivity contribution in [3.8, 4) is 50.2 Å². The van der Waals surface area contributed by atoms with Crippen molar-refractivity contribution < 1.29 is 9.59 Å². The summed E-state index contributed by atoms with van der Waals surface area (Å²) in [4.78, 5) is 40.0. The molecule has 2 amide bonds. The lowest BCUT2D eigenvalue weighted by atomic mass is 9.97. The summed E-state index contributed by atoms with van der Waals surface area (Å²) in [5.74, 6) is -0.731. The second-order valence-electron chi connectivity index (χ2n) is 13.3. The Morgan fingerprint density at radius 1 is 0.389 bits per heavy atom. The zero-order chi connectivity index (χ0) is 36.2. The van der Waals surface area contributed by atoms with Crippen LogP contribution in [0.1, 0.15) is 20.7 Å². The third-order valence-electron chi connectivity index (χ3n) is 10.3. The highest BCUT2D eigenvalue weighted by atomic mass is 16.2. The number of nitrogens with zero attached hydrogens (tertiary/aromatic N) is 4. The van der Waals surface area contributed by atoms with E-state index in [0.29, 0.717) is 22.5 Å². The Bertz CT molecular complexity index is 2810. The lowest BCUT2D eigenvalue weighted by molar-refractivity contribution is 0.0926. The Hall–Kier alpha value is -7.44. The van der Waals surface area contributed by atoms with Crippen LogP contribution in [0.15, 0.2) is 183 Å². The molecule has 0 saturated carbocycles. The number of fused-ring (bicyclic) bond motifs is 4. The van der Waals surface area contributed by atoms with Crippen LogP contribution < -0.4 is 4.90 Å². The number of carbonyl (C=O) groups is 2. The molecule has 0 radical (unpaired) electrons. The van der Waals surface area contributed by atoms with E-state index in [4.69, 9.17) is 0 Å². The molecule has 6 nitrogen and oxygen atoms in total. The summed E-state index contributed by atoms with van der Waals surface area (Å²) in [6.45, 7) is 0. The number of benzene rings is 6. The summed E-state index contributed by atoms with van der Waals surface area (Å²) in [5.41, 5.74) is 11.3. The SMILES string of the molecule is O=C1c2cccc(-n3c4c(-c5cccnc5)cccc4c4cccc(-c5cccnc5)c43)c2C(=O)N1c1ccc(-c2ccccc2)cc1-c1ccccc1. The molecule has 3 aromatic heterocycles. The Labute approximate surface area is 311 Å². The third kappa shape index (κ3) is 4.89. The molecule has 0 spiro atoms. The van der Waals surface area contributed by atoms with Crippen LogP contribution >= 0.6 is 0 Å². The standard InChI is InChI=1S/C48H30N4O2/c53-47-40-22-9-23-43(44(40)48(54)52(47)42-25-24-33(31-12-3-1-4-13-31)28-41(42)32-14-5-2-6-15-32)51-45-36(34-16-10-26-49-29-34)18-7-20-38(45)39-21-8-19-37(46(39)51)35-17-11-27-50-30-35/h1-30H. The van der Waals surface area contributed by atoms with Gasteiger partial charge in [0.2, 0.25) is 0 Å². The average Bonchev–Trinajstić information content (AvgIpc) is 3.72. The van der Waals surface area contributed by atoms with E-state index >= 15 is 4.79 Å². The number of anilines is 1. The van der Waals surface area contributed by atoms with E-state index in [9.17, 15) is 4.79 Å². The molecule has 0 fully saturated rings. The summed E-state index contributed by atoms with van der Waals surface area (Å²) in [6.07, 6.45) is 7.24. The number of hydrogen-bond acceptors (Lipinski definition) is 4. The van der Waals surface area contributed by atoms with Gasteiger partial charge in [-0.3, -0.25) is 19.6 Å². The maximum Gasteiger partial charge on any atom is 0.268 e. The van der Waals surface area contributed by atoms with Gasteiger partial charge in [-0.2, -0.15) is 0 Å². The van der Waals surface area contributed by atoms with E-state index < -0.39 is 0 Å². The van der Waals surface area contributed by atoms with E-state index in [2.05, 4.69) is 69.1 Å². The van der Waals surface area contributed by atoms with Gasteiger partial charge in [0, 0.05) is 63.4 Å². The minimum Gasteiger partial charge on any atom is -0.307 e. The predicted octanol–water partition coefficient (Wildman–Crippen LogP) is 11.0. The summed E-state index contributed by atoms with van der Waals surface area (Å²) >= 11 is 0. The Morgan fingerprint density at radius 2 is 0.944 bits per heavy atom. The zero-order valence-corrected chi connectivity index (χ0v) is 28.9. The first kappa shape index (κ1) is 31.3. The minimum absolute atomic E-state index is 0.356. The highest BCUT2D eigenvalue weighted by molar-refractivity contribution is 6.36. The summed E-state index contributed by atoms with van der Waals surface area (Å²) < 4.78 is 2.17. The van der Waals surface area contributed by atoms with Crippen LogP contribution in [0.5, 0.6) is 0 Å². The molecular weight excluding hydrogens is 665 g/mol. The Kier molecular flexibility index (Phi) is 7.34. The molecule has 6 aromatic carbocycles. The van der Waals surface area contributed by atoms with E-state index in [1.165, 1.54) is 4.90 Å². The molecule has 6 heteroatoms. The number of pyridine rings is 2. The van der Waals surface area contributed by atoms with E-state index in [1.54, 1.807) is 18.5 Å². The molecule has 4 heterocycles. The van der Waals surface area contributed by atoms with Crippen LogP contribution in [0.4, 0.5) is 5.69 Å². The topological polar surface area (TPSA) is 68.1 Å². The fourth-order valence-corrected chi connectivity index (χ4v) is 7.93. The zero-order valence-electron chi connectivity index (χ0n) is 28.9. The summed E-state index contributed by atoms with van der Waals surface area (Å²) in [6, 6.07) is 52.0. The predicted molar refractivity (Wildman–Crippen MR) is 216 cm³/mol. The molecular formula is C48H30N4O2. The van der Waals surface area contributed by atoms with Gasteiger partial charge < -0.3 is 4.57 Å². The van der Waals surface area contributed by atoms with Crippen molar-refractivity contribution in [1.29, 1.82) is 0 Å². The highest BCUT2D eigenvalue weighted by Gasteiger charge is 2.40. The van der Waals surface area contributed by atoms with Gasteiger partial charge in [-0.05, 0) is 53.1 Å². The van der Waals surface area contributed by atoms with Gasteiger partial charge >= 0.3 is 0 Å². The fraction of sp³-hybridized carbons (Fsp3) is 0. The molecule has 0 atom stereocenters. The van der Waals surface area contributed by atoms with Gasteiger partial charge in [0.05, 0.1) is 33.5 Å². The van der Waals surface area contributed by atoms with Gasteiger partial charge in [-0.25, -0.2) is 4.90 Å². The molecule has 0 unspecified atom stereocenters. The summed E-state index contributed by atoms with van der Waals surface area (Å²) in [5, 5.41) is 2.04. The molecule has 0 aliphatic carbocycles. The fourth-order valence-electron chi connectivity index (χ4n) is 7.93. The van der Waals surface area contributed by atoms with Crippen molar-refractivity contribution in [2.75, 3.05) is 4.90 Å². The van der Waals surface area contributed by atoms with E-state index in [1.807, 2.05) is 109 Å². The molecule has 9 aromatic rings. The molecule has 54 heavy (non-hydrogen) atoms. The quantitative estimate of drug-likeness (QED) is 0.163. The first-order chi connectivity index (χ1) is 26.7. The maximum atomic E-state index is 15.1. The molecule has 1 aliphatic rings. The van der Waals surface area contributed by atoms with Crippen molar-refractivity contribution >= 4 is 39.3 Å². The number of imide groups is 1. The van der Waals surface area contributed by atoms with Crippen LogP contribution in [0.2, 0.25) is 0 Å². The van der Waals surface area contributed by atoms with Crippen LogP contribution in [-0.4, -0.2) is 26.3 Å². The first-order valence-electron chi connectivity index (χ1n) is 17.8. The van der Waals surface area contributed by atoms with Crippen LogP contribution in [-0.2, 0) is 0 Å². The van der Waals surface area contributed by atoms with Crippen LogP contribution in [0.25, 0.3) is 72.0 Å². The second kappa shape index (κ2) is 12.7. The van der Waals surface area contributed by atoms with Crippen LogP contribution in [0, 0.1) is 0 Å². The van der Waals surface area contributed by atoms with Crippen molar-refractivity contribution in [2.24, 2.45) is 0 Å². The maximum absolute atomic E-state index is 15.1. The molecule has 0 bridgehead atoms. The Morgan fingerprint density at radius 3 is 1.54 bits per heavy atom. The number of para-hydroxylation sites is 2. The lowest BCUT2D eigenvalue weighted by Crippen LogP contribution is -2.30. The third-order valence-corrected chi connectivity index (χ3v) is 10.3. The minimum atomic E-state index is -0.372. The molecule has 10 rings (SSSR count). The number of aromatic nitrogens is 3. The second-order valence-corrected chi connectivity index (χ2v) is 13.3. The van der Waals surface area contributed by atoms with Gasteiger partial charge in [0.25, 0.3) is 11.8 Å². The number of hydrogen-bond donors (Lipinski definition) is 0. The first-order valence-corrected chi connectivity index (χ1v) is 17.8. The normalized spacial score (nSPS) is 12.5. The van der Waals surface area contributed by atoms with Crippen LogP contribution in [0.3, 0.4) is 0 Å². The van der Waals surface area contributed by atoms with Gasteiger partial charge in [0.1, 0.15) is 0 Å².